The number of nitrogens with zero attached hydrogens (tertiary/aromatic N) is 4. The van der Waals surface area contributed by atoms with Crippen LogP contribution < -0.4 is 0 Å². The van der Waals surface area contributed by atoms with Crippen molar-refractivity contribution in [3.05, 3.63) is 88.7 Å². The average Bonchev–Trinajstić information content (AvgIpc) is 3.37. The van der Waals surface area contributed by atoms with Crippen LogP contribution in [0.1, 0.15) is 23.7 Å². The van der Waals surface area contributed by atoms with Crippen LogP contribution in [0.5, 0.6) is 0 Å². The normalized spacial score (nSPS) is 18.2. The number of carbonyl (C=O) groups is 2. The Labute approximate surface area is 181 Å². The van der Waals surface area contributed by atoms with Crippen LogP contribution in [0.25, 0.3) is 5.76 Å². The molecule has 1 unspecified atom stereocenters. The molecule has 7 nitrogen and oxygen atoms in total. The van der Waals surface area contributed by atoms with E-state index in [-0.39, 0.29) is 11.3 Å². The van der Waals surface area contributed by atoms with Crippen molar-refractivity contribution in [2.24, 2.45) is 0 Å². The Morgan fingerprint density at radius 1 is 1.07 bits per heavy atom. The van der Waals surface area contributed by atoms with Crippen LogP contribution in [-0.4, -0.2) is 42.8 Å². The zero-order valence-corrected chi connectivity index (χ0v) is 17.6. The Kier molecular flexibility index (Phi) is 5.76. The van der Waals surface area contributed by atoms with Crippen LogP contribution in [0.3, 0.4) is 0 Å². The Morgan fingerprint density at radius 2 is 1.87 bits per heavy atom. The highest BCUT2D eigenvalue weighted by Gasteiger charge is 2.46. The molecule has 1 aliphatic rings. The van der Waals surface area contributed by atoms with Crippen LogP contribution in [0.2, 0.25) is 0 Å². The predicted molar refractivity (Wildman–Crippen MR) is 114 cm³/mol. The van der Waals surface area contributed by atoms with E-state index in [0.29, 0.717) is 30.8 Å². The van der Waals surface area contributed by atoms with Gasteiger partial charge in [-0.1, -0.05) is 34.1 Å². The summed E-state index contributed by atoms with van der Waals surface area (Å²) in [4.78, 5) is 35.6. The average molecular weight is 467 g/mol. The number of Topliss-reactive ketones (excluding diaryl/α,β-unsaturated/α-hetero) is 1. The van der Waals surface area contributed by atoms with Gasteiger partial charge in [-0.25, -0.2) is 4.98 Å². The molecule has 1 N–H and O–H groups in total. The number of rotatable bonds is 6. The maximum absolute atomic E-state index is 12.9. The van der Waals surface area contributed by atoms with Crippen molar-refractivity contribution < 1.29 is 14.7 Å². The number of benzene rings is 1. The molecule has 1 amide bonds. The third-order valence-electron chi connectivity index (χ3n) is 5.00. The van der Waals surface area contributed by atoms with Gasteiger partial charge in [0.15, 0.2) is 0 Å². The largest absolute Gasteiger partial charge is 0.507 e. The van der Waals surface area contributed by atoms with Gasteiger partial charge in [-0.3, -0.25) is 14.6 Å². The molecule has 4 rings (SSSR count). The number of aromatic nitrogens is 3. The first-order chi connectivity index (χ1) is 14.6. The van der Waals surface area contributed by atoms with Gasteiger partial charge in [-0.15, -0.1) is 0 Å². The van der Waals surface area contributed by atoms with E-state index < -0.39 is 17.7 Å². The molecule has 1 aromatic carbocycles. The third-order valence-corrected chi connectivity index (χ3v) is 5.53. The summed E-state index contributed by atoms with van der Waals surface area (Å²) in [5, 5.41) is 10.9. The van der Waals surface area contributed by atoms with Gasteiger partial charge in [0, 0.05) is 41.7 Å². The number of likely N-dealkylation sites (tertiary alicyclic amines) is 1. The monoisotopic (exact) mass is 466 g/mol. The number of halogens is 1. The van der Waals surface area contributed by atoms with E-state index in [2.05, 4.69) is 25.9 Å². The topological polar surface area (TPSA) is 88.3 Å². The predicted octanol–water partition coefficient (Wildman–Crippen LogP) is 3.55. The fourth-order valence-electron chi connectivity index (χ4n) is 3.56. The van der Waals surface area contributed by atoms with Gasteiger partial charge in [-0.2, -0.15) is 0 Å². The molecule has 1 saturated heterocycles. The quantitative estimate of drug-likeness (QED) is 0.340. The first-order valence-corrected chi connectivity index (χ1v) is 10.3. The second kappa shape index (κ2) is 8.62. The number of pyridine rings is 1. The van der Waals surface area contributed by atoms with Gasteiger partial charge in [-0.05, 0) is 30.7 Å². The SMILES string of the molecule is O=C1C(=O)N(CCCn2ccnc2)C(c2ccccn2)/C1=C(\O)c1ccc(Br)cc1. The lowest BCUT2D eigenvalue weighted by molar-refractivity contribution is -0.140. The molecule has 8 heteroatoms. The second-order valence-corrected chi connectivity index (χ2v) is 7.82. The number of aliphatic hydroxyl groups excluding tert-OH is 1. The summed E-state index contributed by atoms with van der Waals surface area (Å²) in [6.07, 6.45) is 7.49. The number of hydrogen-bond donors (Lipinski definition) is 1. The van der Waals surface area contributed by atoms with E-state index in [1.54, 1.807) is 61.2 Å². The minimum absolute atomic E-state index is 0.0589. The van der Waals surface area contributed by atoms with E-state index >= 15 is 0 Å². The highest BCUT2D eigenvalue weighted by atomic mass is 79.9. The smallest absolute Gasteiger partial charge is 0.295 e. The zero-order valence-electron chi connectivity index (χ0n) is 16.0. The molecule has 0 radical (unpaired) electrons. The number of carbonyl (C=O) groups excluding carboxylic acids is 2. The van der Waals surface area contributed by atoms with Crippen molar-refractivity contribution in [1.82, 2.24) is 19.4 Å². The summed E-state index contributed by atoms with van der Waals surface area (Å²) < 4.78 is 2.76. The summed E-state index contributed by atoms with van der Waals surface area (Å²) in [7, 11) is 0. The Balaban J connectivity index is 1.71. The van der Waals surface area contributed by atoms with Gasteiger partial charge in [0.05, 0.1) is 17.6 Å². The number of aliphatic hydroxyl groups is 1. The van der Waals surface area contributed by atoms with Crippen molar-refractivity contribution in [3.63, 3.8) is 0 Å². The van der Waals surface area contributed by atoms with E-state index in [9.17, 15) is 14.7 Å². The molecule has 1 fully saturated rings. The second-order valence-electron chi connectivity index (χ2n) is 6.91. The summed E-state index contributed by atoms with van der Waals surface area (Å²) in [6, 6.07) is 11.5. The summed E-state index contributed by atoms with van der Waals surface area (Å²) in [5.41, 5.74) is 1.07. The Hall–Kier alpha value is -3.26. The Bertz CT molecular complexity index is 1080. The highest BCUT2D eigenvalue weighted by Crippen LogP contribution is 2.38. The fraction of sp³-hybridized carbons (Fsp3) is 0.182. The molecule has 0 saturated carbocycles. The molecule has 30 heavy (non-hydrogen) atoms. The van der Waals surface area contributed by atoms with Crippen LogP contribution in [0, 0.1) is 0 Å². The first kappa shape index (κ1) is 20.0. The lowest BCUT2D eigenvalue weighted by Crippen LogP contribution is -2.31. The van der Waals surface area contributed by atoms with Gasteiger partial charge in [0.1, 0.15) is 11.8 Å². The molecule has 2 aromatic heterocycles. The van der Waals surface area contributed by atoms with Crippen molar-refractivity contribution >= 4 is 33.4 Å². The van der Waals surface area contributed by atoms with E-state index in [4.69, 9.17) is 0 Å². The number of aryl methyl sites for hydroxylation is 1. The minimum Gasteiger partial charge on any atom is -0.507 e. The van der Waals surface area contributed by atoms with Gasteiger partial charge >= 0.3 is 0 Å². The lowest BCUT2D eigenvalue weighted by Gasteiger charge is -2.24. The molecule has 0 spiro atoms. The molecule has 0 aliphatic carbocycles. The molecule has 1 atom stereocenters. The molecule has 3 heterocycles. The maximum atomic E-state index is 12.9. The van der Waals surface area contributed by atoms with Gasteiger partial charge in [0.2, 0.25) is 0 Å². The Morgan fingerprint density at radius 3 is 2.53 bits per heavy atom. The molecule has 1 aliphatic heterocycles. The molecular weight excluding hydrogens is 448 g/mol. The van der Waals surface area contributed by atoms with Crippen molar-refractivity contribution in [3.8, 4) is 0 Å². The zero-order chi connectivity index (χ0) is 21.1. The lowest BCUT2D eigenvalue weighted by atomic mass is 9.98. The van der Waals surface area contributed by atoms with E-state index in [1.807, 2.05) is 10.8 Å². The molecule has 3 aromatic rings. The summed E-state index contributed by atoms with van der Waals surface area (Å²) in [6.45, 7) is 1.01. The molecule has 0 bridgehead atoms. The van der Waals surface area contributed by atoms with Gasteiger partial charge < -0.3 is 14.6 Å². The van der Waals surface area contributed by atoms with Crippen LogP contribution in [0.4, 0.5) is 0 Å². The first-order valence-electron chi connectivity index (χ1n) is 9.47. The van der Waals surface area contributed by atoms with E-state index in [0.717, 1.165) is 4.47 Å². The van der Waals surface area contributed by atoms with Crippen LogP contribution >= 0.6 is 15.9 Å². The maximum Gasteiger partial charge on any atom is 0.295 e. The van der Waals surface area contributed by atoms with E-state index in [1.165, 1.54) is 4.90 Å². The number of ketones is 1. The number of amides is 1. The summed E-state index contributed by atoms with van der Waals surface area (Å²) in [5.74, 6) is -1.53. The minimum atomic E-state index is -0.738. The van der Waals surface area contributed by atoms with Crippen LogP contribution in [0.15, 0.2) is 77.4 Å². The number of hydrogen-bond acceptors (Lipinski definition) is 5. The van der Waals surface area contributed by atoms with Crippen molar-refractivity contribution in [2.75, 3.05) is 6.54 Å². The van der Waals surface area contributed by atoms with Crippen molar-refractivity contribution in [1.29, 1.82) is 0 Å². The highest BCUT2D eigenvalue weighted by molar-refractivity contribution is 9.10. The van der Waals surface area contributed by atoms with Crippen LogP contribution in [-0.2, 0) is 16.1 Å². The summed E-state index contributed by atoms with van der Waals surface area (Å²) >= 11 is 3.36. The standard InChI is InChI=1S/C22H19BrN4O3/c23-16-7-5-15(6-8-16)20(28)18-19(17-4-1-2-9-25-17)27(22(30)21(18)29)12-3-11-26-13-10-24-14-26/h1-2,4-10,13-14,19,28H,3,11-12H2/b20-18+. The fourth-order valence-corrected chi connectivity index (χ4v) is 3.83. The van der Waals surface area contributed by atoms with Crippen molar-refractivity contribution in [2.45, 2.75) is 19.0 Å². The molecule has 152 valence electrons. The number of imidazole rings is 1. The third kappa shape index (κ3) is 3.91. The molecular formula is C22H19BrN4O3. The van der Waals surface area contributed by atoms with Gasteiger partial charge in [0.25, 0.3) is 11.7 Å².